The summed E-state index contributed by atoms with van der Waals surface area (Å²) in [6, 6.07) is 16.8. The highest BCUT2D eigenvalue weighted by atomic mass is 16.6. The zero-order valence-electron chi connectivity index (χ0n) is 17.7. The fraction of sp³-hybridized carbons (Fsp3) is 0.261. The maximum Gasteiger partial charge on any atom is 0.404 e. The van der Waals surface area contributed by atoms with E-state index in [1.165, 1.54) is 0 Å². The average molecular weight is 423 g/mol. The monoisotopic (exact) mass is 423 g/mol. The molecule has 0 fully saturated rings. The Labute approximate surface area is 180 Å². The second kappa shape index (κ2) is 9.34. The molecule has 8 heteroatoms. The second-order valence-corrected chi connectivity index (χ2v) is 8.00. The number of amides is 1. The number of carbonyl (C=O) groups excluding carboxylic acids is 1. The van der Waals surface area contributed by atoms with E-state index in [1.807, 2.05) is 69.3 Å². The standard InChI is InChI=1S/C23H25N3O5/c1-23(2,3)21(25-28)17-6-4-5-15(11-17)13-29-18-9-7-16(8-10-18)20-12-19(31-26-20)14-30-22(24)27/h4-12,28H,13-14H2,1-3H3,(H2,24,27). The van der Waals surface area contributed by atoms with Gasteiger partial charge in [-0.15, -0.1) is 0 Å². The van der Waals surface area contributed by atoms with Gasteiger partial charge in [0, 0.05) is 22.6 Å². The largest absolute Gasteiger partial charge is 0.489 e. The summed E-state index contributed by atoms with van der Waals surface area (Å²) < 4.78 is 15.7. The fourth-order valence-corrected chi connectivity index (χ4v) is 3.00. The fourth-order valence-electron chi connectivity index (χ4n) is 3.00. The van der Waals surface area contributed by atoms with Gasteiger partial charge in [0.2, 0.25) is 0 Å². The number of oxime groups is 1. The molecule has 0 saturated carbocycles. The van der Waals surface area contributed by atoms with Crippen LogP contribution in [0, 0.1) is 5.41 Å². The van der Waals surface area contributed by atoms with Crippen LogP contribution in [0.25, 0.3) is 11.3 Å². The summed E-state index contributed by atoms with van der Waals surface area (Å²) in [5, 5.41) is 16.8. The van der Waals surface area contributed by atoms with Gasteiger partial charge in [0.1, 0.15) is 18.1 Å². The third-order valence-corrected chi connectivity index (χ3v) is 4.48. The summed E-state index contributed by atoms with van der Waals surface area (Å²) in [5.74, 6) is 1.09. The van der Waals surface area contributed by atoms with Crippen LogP contribution in [0.15, 0.2) is 64.3 Å². The molecule has 2 aromatic carbocycles. The molecule has 1 heterocycles. The Morgan fingerprint density at radius 3 is 2.52 bits per heavy atom. The quantitative estimate of drug-likeness (QED) is 0.322. The molecule has 8 nitrogen and oxygen atoms in total. The molecule has 3 N–H and O–H groups in total. The first-order valence-corrected chi connectivity index (χ1v) is 9.69. The first-order valence-electron chi connectivity index (χ1n) is 9.69. The van der Waals surface area contributed by atoms with E-state index in [2.05, 4.69) is 15.0 Å². The molecule has 0 bridgehead atoms. The van der Waals surface area contributed by atoms with Crippen LogP contribution in [-0.2, 0) is 18.0 Å². The van der Waals surface area contributed by atoms with Crippen molar-refractivity contribution >= 4 is 11.8 Å². The molecule has 31 heavy (non-hydrogen) atoms. The minimum Gasteiger partial charge on any atom is -0.489 e. The molecule has 162 valence electrons. The summed E-state index contributed by atoms with van der Waals surface area (Å²) in [7, 11) is 0. The van der Waals surface area contributed by atoms with Gasteiger partial charge in [-0.05, 0) is 35.9 Å². The van der Waals surface area contributed by atoms with Crippen LogP contribution in [-0.4, -0.2) is 22.2 Å². The Morgan fingerprint density at radius 2 is 1.87 bits per heavy atom. The number of carbonyl (C=O) groups is 1. The summed E-state index contributed by atoms with van der Waals surface area (Å²) in [6.07, 6.45) is -0.872. The SMILES string of the molecule is CC(C)(C)C(=NO)c1cccc(COc2ccc(-c3cc(COC(N)=O)on3)cc2)c1. The van der Waals surface area contributed by atoms with E-state index < -0.39 is 6.09 Å². The molecule has 0 unspecified atom stereocenters. The molecular formula is C23H25N3O5. The number of hydrogen-bond donors (Lipinski definition) is 2. The molecule has 0 radical (unpaired) electrons. The zero-order valence-corrected chi connectivity index (χ0v) is 17.7. The van der Waals surface area contributed by atoms with Gasteiger partial charge in [0.05, 0.1) is 5.71 Å². The highest BCUT2D eigenvalue weighted by molar-refractivity contribution is 6.03. The van der Waals surface area contributed by atoms with Crippen LogP contribution < -0.4 is 10.5 Å². The van der Waals surface area contributed by atoms with E-state index in [4.69, 9.17) is 15.0 Å². The molecule has 0 aliphatic heterocycles. The van der Waals surface area contributed by atoms with Gasteiger partial charge in [-0.3, -0.25) is 0 Å². The number of aromatic nitrogens is 1. The number of benzene rings is 2. The molecule has 0 aliphatic carbocycles. The number of nitrogens with zero attached hydrogens (tertiary/aromatic N) is 2. The highest BCUT2D eigenvalue weighted by Gasteiger charge is 2.21. The van der Waals surface area contributed by atoms with Gasteiger partial charge in [-0.25, -0.2) is 4.79 Å². The number of ether oxygens (including phenoxy) is 2. The zero-order chi connectivity index (χ0) is 22.4. The maximum atomic E-state index is 10.7. The summed E-state index contributed by atoms with van der Waals surface area (Å²) in [6.45, 7) is 6.29. The molecule has 3 rings (SSSR count). The highest BCUT2D eigenvalue weighted by Crippen LogP contribution is 2.25. The maximum absolute atomic E-state index is 10.7. The molecule has 3 aromatic rings. The Bertz CT molecular complexity index is 1070. The van der Waals surface area contributed by atoms with Crippen molar-refractivity contribution in [2.24, 2.45) is 16.3 Å². The van der Waals surface area contributed by atoms with Crippen LogP contribution >= 0.6 is 0 Å². The molecule has 0 spiro atoms. The summed E-state index contributed by atoms with van der Waals surface area (Å²) in [4.78, 5) is 10.7. The van der Waals surface area contributed by atoms with Gasteiger partial charge >= 0.3 is 6.09 Å². The number of hydrogen-bond acceptors (Lipinski definition) is 7. The van der Waals surface area contributed by atoms with E-state index in [-0.39, 0.29) is 12.0 Å². The predicted molar refractivity (Wildman–Crippen MR) is 115 cm³/mol. The lowest BCUT2D eigenvalue weighted by molar-refractivity contribution is 0.137. The normalized spacial score (nSPS) is 11.9. The van der Waals surface area contributed by atoms with Crippen molar-refractivity contribution in [3.63, 3.8) is 0 Å². The third-order valence-electron chi connectivity index (χ3n) is 4.48. The van der Waals surface area contributed by atoms with Gasteiger partial charge in [0.15, 0.2) is 12.4 Å². The van der Waals surface area contributed by atoms with Crippen molar-refractivity contribution in [1.29, 1.82) is 0 Å². The molecule has 1 amide bonds. The van der Waals surface area contributed by atoms with Gasteiger partial charge in [-0.1, -0.05) is 49.3 Å². The van der Waals surface area contributed by atoms with Crippen LogP contribution in [0.2, 0.25) is 0 Å². The molecule has 0 atom stereocenters. The molecule has 0 saturated heterocycles. The van der Waals surface area contributed by atoms with Gasteiger partial charge < -0.3 is 24.9 Å². The van der Waals surface area contributed by atoms with Crippen molar-refractivity contribution in [3.8, 4) is 17.0 Å². The smallest absolute Gasteiger partial charge is 0.404 e. The van der Waals surface area contributed by atoms with E-state index in [9.17, 15) is 10.0 Å². The second-order valence-electron chi connectivity index (χ2n) is 8.00. The van der Waals surface area contributed by atoms with Gasteiger partial charge in [0.25, 0.3) is 0 Å². The topological polar surface area (TPSA) is 120 Å². The van der Waals surface area contributed by atoms with Crippen LogP contribution in [0.1, 0.15) is 37.7 Å². The lowest BCUT2D eigenvalue weighted by Crippen LogP contribution is -2.21. The Kier molecular flexibility index (Phi) is 6.59. The van der Waals surface area contributed by atoms with E-state index in [1.54, 1.807) is 6.07 Å². The number of primary amides is 1. The number of rotatable bonds is 7. The third kappa shape index (κ3) is 5.85. The Balaban J connectivity index is 1.64. The first-order chi connectivity index (χ1) is 14.8. The van der Waals surface area contributed by atoms with E-state index >= 15 is 0 Å². The van der Waals surface area contributed by atoms with Crippen molar-refractivity contribution in [2.75, 3.05) is 0 Å². The van der Waals surface area contributed by atoms with Crippen molar-refractivity contribution in [2.45, 2.75) is 34.0 Å². The first kappa shape index (κ1) is 21.9. The summed E-state index contributed by atoms with van der Waals surface area (Å²) >= 11 is 0. The van der Waals surface area contributed by atoms with E-state index in [0.29, 0.717) is 29.5 Å². The predicted octanol–water partition coefficient (Wildman–Crippen LogP) is 4.74. The minimum atomic E-state index is -0.872. The lowest BCUT2D eigenvalue weighted by Gasteiger charge is -2.20. The van der Waals surface area contributed by atoms with Crippen LogP contribution in [0.4, 0.5) is 4.79 Å². The number of nitrogens with two attached hydrogens (primary N) is 1. The van der Waals surface area contributed by atoms with Crippen molar-refractivity contribution < 1.29 is 24.0 Å². The minimum absolute atomic E-state index is 0.0689. The van der Waals surface area contributed by atoms with Gasteiger partial charge in [-0.2, -0.15) is 0 Å². The molecular weight excluding hydrogens is 398 g/mol. The Morgan fingerprint density at radius 1 is 1.13 bits per heavy atom. The Hall–Kier alpha value is -3.81. The lowest BCUT2D eigenvalue weighted by atomic mass is 9.85. The average Bonchev–Trinajstić information content (AvgIpc) is 3.20. The van der Waals surface area contributed by atoms with Crippen molar-refractivity contribution in [3.05, 3.63) is 71.5 Å². The van der Waals surface area contributed by atoms with Crippen molar-refractivity contribution in [1.82, 2.24) is 5.16 Å². The van der Waals surface area contributed by atoms with E-state index in [0.717, 1.165) is 16.7 Å². The molecule has 0 aliphatic rings. The molecule has 1 aromatic heterocycles. The summed E-state index contributed by atoms with van der Waals surface area (Å²) in [5.41, 5.74) is 8.54. The van der Waals surface area contributed by atoms with Crippen LogP contribution in [0.3, 0.4) is 0 Å². The van der Waals surface area contributed by atoms with Crippen LogP contribution in [0.5, 0.6) is 5.75 Å².